The average molecular weight is 611 g/mol. The Morgan fingerprint density at radius 3 is 2.59 bits per heavy atom. The molecule has 0 amide bonds. The minimum Gasteiger partial charge on any atom is -0.352 e. The Morgan fingerprint density at radius 2 is 1.80 bits per heavy atom. The Kier molecular flexibility index (Phi) is 9.31. The van der Waals surface area contributed by atoms with Crippen LogP contribution in [-0.4, -0.2) is 50.7 Å². The van der Waals surface area contributed by atoms with Gasteiger partial charge in [-0.1, -0.05) is 55.1 Å². The van der Waals surface area contributed by atoms with Crippen molar-refractivity contribution in [1.29, 1.82) is 0 Å². The fourth-order valence-electron chi connectivity index (χ4n) is 5.88. The van der Waals surface area contributed by atoms with Gasteiger partial charge in [0.05, 0.1) is 28.6 Å². The molecule has 4 heterocycles. The number of rotatable bonds is 12. The fourth-order valence-corrected chi connectivity index (χ4v) is 5.88. The smallest absolute Gasteiger partial charge is 0.135 e. The third-order valence-corrected chi connectivity index (χ3v) is 8.30. The maximum Gasteiger partial charge on any atom is 0.135 e. The molecule has 0 aliphatic heterocycles. The van der Waals surface area contributed by atoms with Crippen molar-refractivity contribution in [3.8, 4) is 22.5 Å². The summed E-state index contributed by atoms with van der Waals surface area (Å²) in [6.45, 7) is 7.04. The zero-order valence-electron chi connectivity index (χ0n) is 26.6. The summed E-state index contributed by atoms with van der Waals surface area (Å²) in [5.74, 6) is -0.242. The summed E-state index contributed by atoms with van der Waals surface area (Å²) in [6, 6.07) is 21.9. The third kappa shape index (κ3) is 6.90. The number of nitrogens with one attached hydrogen (secondary N) is 2. The minimum atomic E-state index is -0.242. The number of hydrogen-bond donors (Lipinski definition) is 2. The van der Waals surface area contributed by atoms with Crippen molar-refractivity contribution in [2.75, 3.05) is 20.6 Å². The van der Waals surface area contributed by atoms with E-state index in [0.29, 0.717) is 0 Å². The van der Waals surface area contributed by atoms with Crippen molar-refractivity contribution < 1.29 is 4.39 Å². The Hall–Kier alpha value is -5.14. The zero-order chi connectivity index (χ0) is 32.0. The van der Waals surface area contributed by atoms with Crippen molar-refractivity contribution in [2.45, 2.75) is 32.6 Å². The molecule has 0 fully saturated rings. The molecule has 0 aliphatic carbocycles. The fraction of sp³-hybridized carbons (Fsp3) is 0.205. The molecule has 6 nitrogen and oxygen atoms in total. The molecule has 6 rings (SSSR count). The molecular weight excluding hydrogens is 571 g/mol. The van der Waals surface area contributed by atoms with Crippen LogP contribution >= 0.6 is 0 Å². The quantitative estimate of drug-likeness (QED) is 0.136. The molecule has 4 aromatic heterocycles. The number of fused-ring (bicyclic) bond motifs is 2. The van der Waals surface area contributed by atoms with E-state index < -0.39 is 0 Å². The number of aromatic nitrogens is 5. The first-order chi connectivity index (χ1) is 22.4. The number of H-pyrrole nitrogens is 2. The van der Waals surface area contributed by atoms with Crippen LogP contribution in [0.4, 0.5) is 4.39 Å². The highest BCUT2D eigenvalue weighted by molar-refractivity contribution is 6.00. The molecule has 0 spiro atoms. The lowest BCUT2D eigenvalue weighted by Gasteiger charge is -2.10. The van der Waals surface area contributed by atoms with Gasteiger partial charge >= 0.3 is 0 Å². The SMILES string of the molecule is C=C/C(=C\C(=C/C)c1ccc2[nH]nc(-c3cc4c(-c5cc(F)cc(CCCN(C)C)c5)cncc4[nH]3)c2n1)CCc1ccccc1. The Balaban J connectivity index is 1.32. The molecule has 7 heteroatoms. The van der Waals surface area contributed by atoms with Crippen molar-refractivity contribution >= 4 is 27.5 Å². The highest BCUT2D eigenvalue weighted by Crippen LogP contribution is 2.34. The first kappa shape index (κ1) is 30.9. The number of pyridine rings is 2. The predicted octanol–water partition coefficient (Wildman–Crippen LogP) is 8.95. The molecule has 232 valence electrons. The summed E-state index contributed by atoms with van der Waals surface area (Å²) in [5.41, 5.74) is 11.0. The van der Waals surface area contributed by atoms with E-state index in [0.717, 1.165) is 99.1 Å². The predicted molar refractivity (Wildman–Crippen MR) is 188 cm³/mol. The molecule has 0 unspecified atom stereocenters. The van der Waals surface area contributed by atoms with Crippen LogP contribution in [0.1, 0.15) is 36.6 Å². The number of benzene rings is 2. The van der Waals surface area contributed by atoms with Gasteiger partial charge in [0, 0.05) is 17.1 Å². The van der Waals surface area contributed by atoms with E-state index >= 15 is 0 Å². The molecule has 0 radical (unpaired) electrons. The molecule has 0 atom stereocenters. The van der Waals surface area contributed by atoms with Gasteiger partial charge < -0.3 is 9.88 Å². The normalized spacial score (nSPS) is 12.5. The standard InChI is InChI=1S/C39H39FN6/c1-5-26(14-15-27-11-8-7-9-12-27)19-29(6-2)34-16-17-35-38(43-34)39(45-44-35)36-23-32-33(24-41-25-37(32)42-36)30-20-28(21-31(40)22-30)13-10-18-46(3)4/h5-9,11-12,16-17,19-25,42H,1,10,13-15,18H2,2-4H3,(H,44,45)/b26-19+,29-6+. The van der Waals surface area contributed by atoms with Crippen LogP contribution in [0.2, 0.25) is 0 Å². The van der Waals surface area contributed by atoms with Gasteiger partial charge in [-0.2, -0.15) is 5.10 Å². The van der Waals surface area contributed by atoms with Gasteiger partial charge in [0.2, 0.25) is 0 Å². The van der Waals surface area contributed by atoms with E-state index in [1.807, 2.05) is 31.2 Å². The van der Waals surface area contributed by atoms with Gasteiger partial charge in [-0.25, -0.2) is 9.37 Å². The van der Waals surface area contributed by atoms with E-state index in [4.69, 9.17) is 4.98 Å². The van der Waals surface area contributed by atoms with E-state index in [1.54, 1.807) is 24.5 Å². The highest BCUT2D eigenvalue weighted by Gasteiger charge is 2.17. The summed E-state index contributed by atoms with van der Waals surface area (Å²) in [4.78, 5) is 15.2. The van der Waals surface area contributed by atoms with Gasteiger partial charge in [0.1, 0.15) is 17.0 Å². The Morgan fingerprint density at radius 1 is 0.957 bits per heavy atom. The van der Waals surface area contributed by atoms with Crippen LogP contribution in [0.25, 0.3) is 50.0 Å². The lowest BCUT2D eigenvalue weighted by atomic mass is 9.99. The van der Waals surface area contributed by atoms with Crippen LogP contribution in [-0.2, 0) is 12.8 Å². The summed E-state index contributed by atoms with van der Waals surface area (Å²) in [7, 11) is 4.10. The second-order valence-electron chi connectivity index (χ2n) is 11.9. The van der Waals surface area contributed by atoms with Crippen LogP contribution in [0, 0.1) is 5.82 Å². The lowest BCUT2D eigenvalue weighted by molar-refractivity contribution is 0.400. The monoisotopic (exact) mass is 610 g/mol. The molecule has 6 aromatic rings. The number of nitrogens with zero attached hydrogens (tertiary/aromatic N) is 4. The Labute approximate surface area is 269 Å². The van der Waals surface area contributed by atoms with Gasteiger partial charge in [0.25, 0.3) is 0 Å². The minimum absolute atomic E-state index is 0.242. The van der Waals surface area contributed by atoms with Gasteiger partial charge in [-0.05, 0) is 117 Å². The second-order valence-corrected chi connectivity index (χ2v) is 11.9. The molecular formula is C39H39FN6. The van der Waals surface area contributed by atoms with Gasteiger partial charge in [-0.15, -0.1) is 0 Å². The van der Waals surface area contributed by atoms with Gasteiger partial charge in [0.15, 0.2) is 0 Å². The first-order valence-electron chi connectivity index (χ1n) is 15.7. The summed E-state index contributed by atoms with van der Waals surface area (Å²) in [6.07, 6.45) is 13.4. The molecule has 0 saturated carbocycles. The number of hydrogen-bond acceptors (Lipinski definition) is 4. The van der Waals surface area contributed by atoms with E-state index in [-0.39, 0.29) is 5.82 Å². The number of allylic oxidation sites excluding steroid dienone is 5. The van der Waals surface area contributed by atoms with Gasteiger partial charge in [-0.3, -0.25) is 10.1 Å². The van der Waals surface area contributed by atoms with Crippen LogP contribution < -0.4 is 0 Å². The van der Waals surface area contributed by atoms with Crippen LogP contribution in [0.3, 0.4) is 0 Å². The number of aromatic amines is 2. The first-order valence-corrected chi connectivity index (χ1v) is 15.7. The lowest BCUT2D eigenvalue weighted by Crippen LogP contribution is -2.13. The van der Waals surface area contributed by atoms with Crippen molar-refractivity contribution in [3.63, 3.8) is 0 Å². The van der Waals surface area contributed by atoms with Crippen LogP contribution in [0.15, 0.2) is 110 Å². The molecule has 0 bridgehead atoms. The molecule has 46 heavy (non-hydrogen) atoms. The van der Waals surface area contributed by atoms with Crippen LogP contribution in [0.5, 0.6) is 0 Å². The largest absolute Gasteiger partial charge is 0.352 e. The average Bonchev–Trinajstić information content (AvgIpc) is 3.69. The molecule has 0 aliphatic rings. The zero-order valence-corrected chi connectivity index (χ0v) is 26.6. The highest BCUT2D eigenvalue weighted by atomic mass is 19.1. The third-order valence-electron chi connectivity index (χ3n) is 8.30. The van der Waals surface area contributed by atoms with Crippen molar-refractivity contribution in [2.24, 2.45) is 0 Å². The molecule has 0 saturated heterocycles. The van der Waals surface area contributed by atoms with Crippen molar-refractivity contribution in [1.82, 2.24) is 30.0 Å². The molecule has 2 aromatic carbocycles. The maximum atomic E-state index is 14.8. The summed E-state index contributed by atoms with van der Waals surface area (Å²) >= 11 is 0. The van der Waals surface area contributed by atoms with Crippen molar-refractivity contribution in [3.05, 3.63) is 132 Å². The van der Waals surface area contributed by atoms with E-state index in [2.05, 4.69) is 94.3 Å². The van der Waals surface area contributed by atoms with E-state index in [9.17, 15) is 4.39 Å². The number of aryl methyl sites for hydroxylation is 2. The summed E-state index contributed by atoms with van der Waals surface area (Å²) in [5, 5.41) is 8.75. The second kappa shape index (κ2) is 13.9. The topological polar surface area (TPSA) is 73.5 Å². The Bertz CT molecular complexity index is 2050. The maximum absolute atomic E-state index is 14.8. The summed E-state index contributed by atoms with van der Waals surface area (Å²) < 4.78 is 14.8. The van der Waals surface area contributed by atoms with E-state index in [1.165, 1.54) is 5.56 Å². The number of halogens is 1. The molecule has 2 N–H and O–H groups in total.